The van der Waals surface area contributed by atoms with Crippen LogP contribution in [-0.4, -0.2) is 17.4 Å². The Kier molecular flexibility index (Phi) is 5.06. The van der Waals surface area contributed by atoms with Crippen LogP contribution in [0.4, 0.5) is 11.4 Å². The minimum Gasteiger partial charge on any atom is -0.352 e. The van der Waals surface area contributed by atoms with Gasteiger partial charge in [0.15, 0.2) is 0 Å². The molecule has 0 fully saturated rings. The van der Waals surface area contributed by atoms with E-state index in [2.05, 4.69) is 10.7 Å². The average Bonchev–Trinajstić information content (AvgIpc) is 2.37. The second-order valence-corrected chi connectivity index (χ2v) is 3.71. The van der Waals surface area contributed by atoms with E-state index >= 15 is 0 Å². The third-order valence-electron chi connectivity index (χ3n) is 2.43. The van der Waals surface area contributed by atoms with Gasteiger partial charge in [-0.25, -0.2) is 0 Å². The molecular formula is C11H16N4O3. The van der Waals surface area contributed by atoms with Crippen LogP contribution in [0.15, 0.2) is 18.2 Å². The molecule has 1 aromatic carbocycles. The van der Waals surface area contributed by atoms with Crippen LogP contribution in [0.2, 0.25) is 0 Å². The second-order valence-electron chi connectivity index (χ2n) is 3.71. The number of amides is 1. The summed E-state index contributed by atoms with van der Waals surface area (Å²) >= 11 is 0. The zero-order valence-corrected chi connectivity index (χ0v) is 10.1. The van der Waals surface area contributed by atoms with E-state index in [0.717, 1.165) is 12.8 Å². The number of nitro benzene ring substituents is 1. The van der Waals surface area contributed by atoms with Crippen LogP contribution in [0.3, 0.4) is 0 Å². The van der Waals surface area contributed by atoms with Crippen molar-refractivity contribution >= 4 is 17.3 Å². The van der Waals surface area contributed by atoms with Crippen LogP contribution in [0.25, 0.3) is 0 Å². The van der Waals surface area contributed by atoms with Gasteiger partial charge in [-0.2, -0.15) is 0 Å². The second kappa shape index (κ2) is 6.55. The number of hydrogen-bond donors (Lipinski definition) is 3. The molecule has 0 bridgehead atoms. The summed E-state index contributed by atoms with van der Waals surface area (Å²) in [5.41, 5.74) is 2.03. The molecule has 1 rings (SSSR count). The van der Waals surface area contributed by atoms with Crippen molar-refractivity contribution in [1.29, 1.82) is 0 Å². The Morgan fingerprint density at radius 2 is 2.22 bits per heavy atom. The fraction of sp³-hybridized carbons (Fsp3) is 0.364. The van der Waals surface area contributed by atoms with E-state index in [9.17, 15) is 14.9 Å². The number of benzene rings is 1. The van der Waals surface area contributed by atoms with Crippen LogP contribution in [0.5, 0.6) is 0 Å². The summed E-state index contributed by atoms with van der Waals surface area (Å²) in [6.07, 6.45) is 1.77. The Bertz CT molecular complexity index is 448. The third kappa shape index (κ3) is 3.17. The summed E-state index contributed by atoms with van der Waals surface area (Å²) < 4.78 is 0. The molecule has 7 heteroatoms. The van der Waals surface area contributed by atoms with Crippen molar-refractivity contribution < 1.29 is 9.72 Å². The van der Waals surface area contributed by atoms with Gasteiger partial charge in [-0.05, 0) is 18.6 Å². The standard InChI is InChI=1S/C11H16N4O3/c1-2-3-7-13-11(16)8-5-4-6-9(14-12)10(8)15(17)18/h4-6,14H,2-3,7,12H2,1H3,(H,13,16). The number of hydrogen-bond acceptors (Lipinski definition) is 5. The minimum absolute atomic E-state index is 0.00607. The van der Waals surface area contributed by atoms with Crippen molar-refractivity contribution in [2.45, 2.75) is 19.8 Å². The van der Waals surface area contributed by atoms with E-state index in [1.165, 1.54) is 18.2 Å². The monoisotopic (exact) mass is 252 g/mol. The molecule has 0 radical (unpaired) electrons. The predicted molar refractivity (Wildman–Crippen MR) is 68.1 cm³/mol. The molecule has 0 saturated carbocycles. The van der Waals surface area contributed by atoms with E-state index in [4.69, 9.17) is 5.84 Å². The van der Waals surface area contributed by atoms with Crippen molar-refractivity contribution in [2.75, 3.05) is 12.0 Å². The van der Waals surface area contributed by atoms with Crippen molar-refractivity contribution in [3.63, 3.8) is 0 Å². The summed E-state index contributed by atoms with van der Waals surface area (Å²) in [7, 11) is 0. The number of nitrogen functional groups attached to an aromatic ring is 1. The molecule has 1 amide bonds. The molecule has 0 atom stereocenters. The molecular weight excluding hydrogens is 236 g/mol. The van der Waals surface area contributed by atoms with E-state index in [0.29, 0.717) is 6.54 Å². The number of para-hydroxylation sites is 1. The zero-order valence-electron chi connectivity index (χ0n) is 10.1. The Morgan fingerprint density at radius 1 is 1.50 bits per heavy atom. The lowest BCUT2D eigenvalue weighted by atomic mass is 10.1. The summed E-state index contributed by atoms with van der Waals surface area (Å²) in [4.78, 5) is 22.2. The molecule has 98 valence electrons. The average molecular weight is 252 g/mol. The number of hydrazine groups is 1. The number of nitrogens with zero attached hydrogens (tertiary/aromatic N) is 1. The normalized spacial score (nSPS) is 9.89. The number of rotatable bonds is 6. The molecule has 7 nitrogen and oxygen atoms in total. The van der Waals surface area contributed by atoms with E-state index in [1.54, 1.807) is 0 Å². The highest BCUT2D eigenvalue weighted by Gasteiger charge is 2.23. The number of carbonyl (C=O) groups excluding carboxylic acids is 1. The molecule has 0 aromatic heterocycles. The van der Waals surface area contributed by atoms with Crippen molar-refractivity contribution in [2.24, 2.45) is 5.84 Å². The number of anilines is 1. The fourth-order valence-corrected chi connectivity index (χ4v) is 1.51. The number of carbonyl (C=O) groups is 1. The lowest BCUT2D eigenvalue weighted by Crippen LogP contribution is -2.25. The zero-order chi connectivity index (χ0) is 13.5. The van der Waals surface area contributed by atoms with Gasteiger partial charge in [-0.15, -0.1) is 0 Å². The van der Waals surface area contributed by atoms with Gasteiger partial charge >= 0.3 is 5.69 Å². The number of unbranched alkanes of at least 4 members (excludes halogenated alkanes) is 1. The van der Waals surface area contributed by atoms with Gasteiger partial charge in [-0.3, -0.25) is 20.8 Å². The maximum atomic E-state index is 11.8. The van der Waals surface area contributed by atoms with Crippen molar-refractivity contribution in [1.82, 2.24) is 5.32 Å². The predicted octanol–water partition coefficient (Wildman–Crippen LogP) is 1.41. The molecule has 0 aliphatic carbocycles. The largest absolute Gasteiger partial charge is 0.352 e. The maximum absolute atomic E-state index is 11.8. The first kappa shape index (κ1) is 13.9. The highest BCUT2D eigenvalue weighted by molar-refractivity contribution is 6.00. The molecule has 0 spiro atoms. The van der Waals surface area contributed by atoms with Crippen LogP contribution in [-0.2, 0) is 0 Å². The molecule has 0 unspecified atom stereocenters. The summed E-state index contributed by atoms with van der Waals surface area (Å²) in [6.45, 7) is 2.49. The highest BCUT2D eigenvalue weighted by atomic mass is 16.6. The first-order valence-corrected chi connectivity index (χ1v) is 5.64. The van der Waals surface area contributed by atoms with Gasteiger partial charge in [0.05, 0.1) is 4.92 Å². The van der Waals surface area contributed by atoms with Crippen LogP contribution in [0, 0.1) is 10.1 Å². The van der Waals surface area contributed by atoms with Gasteiger partial charge in [0.25, 0.3) is 5.91 Å². The first-order chi connectivity index (χ1) is 8.61. The van der Waals surface area contributed by atoms with Crippen LogP contribution < -0.4 is 16.6 Å². The molecule has 4 N–H and O–H groups in total. The third-order valence-corrected chi connectivity index (χ3v) is 2.43. The fourth-order valence-electron chi connectivity index (χ4n) is 1.51. The smallest absolute Gasteiger partial charge is 0.306 e. The summed E-state index contributed by atoms with van der Waals surface area (Å²) in [6, 6.07) is 4.39. The molecule has 0 heterocycles. The van der Waals surface area contributed by atoms with Crippen molar-refractivity contribution in [3.8, 4) is 0 Å². The van der Waals surface area contributed by atoms with Gasteiger partial charge < -0.3 is 10.7 Å². The topological polar surface area (TPSA) is 110 Å². The van der Waals surface area contributed by atoms with E-state index < -0.39 is 10.8 Å². The Morgan fingerprint density at radius 3 is 2.78 bits per heavy atom. The van der Waals surface area contributed by atoms with Gasteiger partial charge in [-0.1, -0.05) is 19.4 Å². The minimum atomic E-state index is -0.621. The van der Waals surface area contributed by atoms with E-state index in [1.807, 2.05) is 6.92 Å². The first-order valence-electron chi connectivity index (χ1n) is 5.64. The van der Waals surface area contributed by atoms with E-state index in [-0.39, 0.29) is 16.9 Å². The van der Waals surface area contributed by atoms with Crippen LogP contribution in [0.1, 0.15) is 30.1 Å². The van der Waals surface area contributed by atoms with Gasteiger partial charge in [0, 0.05) is 6.54 Å². The maximum Gasteiger partial charge on any atom is 0.306 e. The summed E-state index contributed by atoms with van der Waals surface area (Å²) in [5, 5.41) is 13.6. The molecule has 1 aromatic rings. The Labute approximate surface area is 104 Å². The van der Waals surface area contributed by atoms with Gasteiger partial charge in [0.1, 0.15) is 11.3 Å². The molecule has 18 heavy (non-hydrogen) atoms. The quantitative estimate of drug-likeness (QED) is 0.307. The molecule has 0 aliphatic heterocycles. The lowest BCUT2D eigenvalue weighted by molar-refractivity contribution is -0.384. The van der Waals surface area contributed by atoms with Crippen LogP contribution >= 0.6 is 0 Å². The number of nitro groups is 1. The lowest BCUT2D eigenvalue weighted by Gasteiger charge is -2.07. The highest BCUT2D eigenvalue weighted by Crippen LogP contribution is 2.27. The Balaban J connectivity index is 3.00. The number of nitrogens with one attached hydrogen (secondary N) is 2. The molecule has 0 aliphatic rings. The Hall–Kier alpha value is -2.15. The SMILES string of the molecule is CCCCNC(=O)c1cccc(NN)c1[N+](=O)[O-]. The van der Waals surface area contributed by atoms with Crippen molar-refractivity contribution in [3.05, 3.63) is 33.9 Å². The van der Waals surface area contributed by atoms with Gasteiger partial charge in [0.2, 0.25) is 0 Å². The molecule has 0 saturated heterocycles. The number of nitrogens with two attached hydrogens (primary N) is 1. The summed E-state index contributed by atoms with van der Waals surface area (Å²) in [5.74, 6) is 4.73.